The van der Waals surface area contributed by atoms with Crippen molar-refractivity contribution in [2.45, 2.75) is 38.1 Å². The molecule has 0 unspecified atom stereocenters. The van der Waals surface area contributed by atoms with E-state index >= 15 is 0 Å². The van der Waals surface area contributed by atoms with Crippen molar-refractivity contribution in [1.29, 1.82) is 0 Å². The van der Waals surface area contributed by atoms with E-state index in [1.54, 1.807) is 6.07 Å². The van der Waals surface area contributed by atoms with E-state index in [1.165, 1.54) is 13.2 Å². The molecule has 1 aliphatic rings. The van der Waals surface area contributed by atoms with Gasteiger partial charge in [0.1, 0.15) is 5.69 Å². The van der Waals surface area contributed by atoms with Crippen molar-refractivity contribution in [3.8, 4) is 11.5 Å². The van der Waals surface area contributed by atoms with Crippen molar-refractivity contribution in [2.75, 3.05) is 24.9 Å². The van der Waals surface area contributed by atoms with Gasteiger partial charge in [-0.2, -0.15) is 0 Å². The number of benzene rings is 1. The van der Waals surface area contributed by atoms with Crippen LogP contribution in [0, 0.1) is 10.1 Å². The van der Waals surface area contributed by atoms with Gasteiger partial charge < -0.3 is 14.8 Å². The summed E-state index contributed by atoms with van der Waals surface area (Å²) in [5.41, 5.74) is 0.493. The molecule has 122 valence electrons. The van der Waals surface area contributed by atoms with E-state index in [2.05, 4.69) is 5.32 Å². The molecule has 1 saturated carbocycles. The lowest BCUT2D eigenvalue weighted by molar-refractivity contribution is -0.384. The lowest BCUT2D eigenvalue weighted by Gasteiger charge is -2.16. The van der Waals surface area contributed by atoms with Gasteiger partial charge in [-0.05, 0) is 19.3 Å². The first-order chi connectivity index (χ1) is 10.7. The number of anilines is 1. The van der Waals surface area contributed by atoms with E-state index in [9.17, 15) is 10.1 Å². The van der Waals surface area contributed by atoms with Crippen LogP contribution in [0.15, 0.2) is 12.1 Å². The normalized spacial score (nSPS) is 14.8. The van der Waals surface area contributed by atoms with E-state index in [0.29, 0.717) is 36.1 Å². The van der Waals surface area contributed by atoms with Gasteiger partial charge in [0.2, 0.25) is 0 Å². The molecule has 0 bridgehead atoms. The van der Waals surface area contributed by atoms with E-state index < -0.39 is 4.92 Å². The minimum atomic E-state index is -0.398. The number of alkyl halides is 1. The molecule has 6 nitrogen and oxygen atoms in total. The quantitative estimate of drug-likeness (QED) is 0.338. The summed E-state index contributed by atoms with van der Waals surface area (Å²) in [7, 11) is 1.52. The molecule has 0 saturated heterocycles. The molecule has 0 atom stereocenters. The van der Waals surface area contributed by atoms with Crippen LogP contribution >= 0.6 is 11.6 Å². The fraction of sp³-hybridized carbons (Fsp3) is 0.600. The Bertz CT molecular complexity index is 519. The van der Waals surface area contributed by atoms with Gasteiger partial charge in [0, 0.05) is 18.0 Å². The smallest absolute Gasteiger partial charge is 0.296 e. The highest BCUT2D eigenvalue weighted by atomic mass is 35.5. The lowest BCUT2D eigenvalue weighted by atomic mass is 10.2. The summed E-state index contributed by atoms with van der Waals surface area (Å²) in [4.78, 5) is 10.9. The Labute approximate surface area is 134 Å². The standard InChI is InChI=1S/C15H21ClN2O4/c1-21-14-9-12(17-11-5-2-3-6-11)13(18(19)20)10-15(14)22-8-4-7-16/h9-11,17H,2-8H2,1H3. The van der Waals surface area contributed by atoms with Crippen molar-refractivity contribution >= 4 is 23.0 Å². The SMILES string of the molecule is COc1cc(NC2CCCC2)c([N+](=O)[O-])cc1OCCCCl. The minimum Gasteiger partial charge on any atom is -0.493 e. The van der Waals surface area contributed by atoms with E-state index in [4.69, 9.17) is 21.1 Å². The van der Waals surface area contributed by atoms with Crippen molar-refractivity contribution in [1.82, 2.24) is 0 Å². The summed E-state index contributed by atoms with van der Waals surface area (Å²) < 4.78 is 10.8. The number of ether oxygens (including phenoxy) is 2. The second kappa shape index (κ2) is 8.08. The molecule has 1 aromatic carbocycles. The highest BCUT2D eigenvalue weighted by Gasteiger charge is 2.23. The number of methoxy groups -OCH3 is 1. The molecular formula is C15H21ClN2O4. The number of hydrogen-bond acceptors (Lipinski definition) is 5. The van der Waals surface area contributed by atoms with Gasteiger partial charge in [-0.15, -0.1) is 11.6 Å². The van der Waals surface area contributed by atoms with Gasteiger partial charge in [-0.3, -0.25) is 10.1 Å². The van der Waals surface area contributed by atoms with Crippen LogP contribution in [0.3, 0.4) is 0 Å². The van der Waals surface area contributed by atoms with Crippen LogP contribution in [-0.2, 0) is 0 Å². The molecule has 0 amide bonds. The molecule has 2 rings (SSSR count). The number of nitrogens with one attached hydrogen (secondary N) is 1. The number of hydrogen-bond donors (Lipinski definition) is 1. The Balaban J connectivity index is 2.25. The summed E-state index contributed by atoms with van der Waals surface area (Å²) in [5, 5.41) is 14.6. The predicted octanol–water partition coefficient (Wildman–Crippen LogP) is 3.97. The Morgan fingerprint density at radius 1 is 1.36 bits per heavy atom. The summed E-state index contributed by atoms with van der Waals surface area (Å²) in [5.74, 6) is 1.34. The first-order valence-corrected chi connectivity index (χ1v) is 8.01. The zero-order valence-corrected chi connectivity index (χ0v) is 13.4. The lowest BCUT2D eigenvalue weighted by Crippen LogP contribution is -2.15. The fourth-order valence-electron chi connectivity index (χ4n) is 2.61. The van der Waals surface area contributed by atoms with Crippen LogP contribution in [0.25, 0.3) is 0 Å². The van der Waals surface area contributed by atoms with Crippen molar-refractivity contribution < 1.29 is 14.4 Å². The van der Waals surface area contributed by atoms with Crippen LogP contribution in [0.1, 0.15) is 32.1 Å². The third-order valence-electron chi connectivity index (χ3n) is 3.73. The van der Waals surface area contributed by atoms with Crippen LogP contribution in [0.2, 0.25) is 0 Å². The maximum Gasteiger partial charge on any atom is 0.296 e. The second-order valence-corrected chi connectivity index (χ2v) is 5.67. The molecule has 0 aromatic heterocycles. The molecule has 1 fully saturated rings. The molecule has 0 aliphatic heterocycles. The Kier molecular flexibility index (Phi) is 6.12. The number of nitro groups is 1. The highest BCUT2D eigenvalue weighted by Crippen LogP contribution is 2.39. The molecule has 1 aromatic rings. The average Bonchev–Trinajstić information content (AvgIpc) is 3.01. The summed E-state index contributed by atoms with van der Waals surface area (Å²) >= 11 is 5.61. The molecule has 0 radical (unpaired) electrons. The minimum absolute atomic E-state index is 0.00794. The van der Waals surface area contributed by atoms with E-state index in [1.807, 2.05) is 0 Å². The number of nitro benzene ring substituents is 1. The second-order valence-electron chi connectivity index (χ2n) is 5.29. The van der Waals surface area contributed by atoms with Gasteiger partial charge in [0.15, 0.2) is 11.5 Å². The predicted molar refractivity (Wildman–Crippen MR) is 86.4 cm³/mol. The zero-order chi connectivity index (χ0) is 15.9. The van der Waals surface area contributed by atoms with Crippen molar-refractivity contribution in [3.63, 3.8) is 0 Å². The highest BCUT2D eigenvalue weighted by molar-refractivity contribution is 6.17. The molecule has 22 heavy (non-hydrogen) atoms. The van der Waals surface area contributed by atoms with Gasteiger partial charge in [-0.25, -0.2) is 0 Å². The Hall–Kier alpha value is -1.69. The maximum atomic E-state index is 11.3. The topological polar surface area (TPSA) is 73.6 Å². The van der Waals surface area contributed by atoms with Crippen LogP contribution < -0.4 is 14.8 Å². The van der Waals surface area contributed by atoms with Crippen LogP contribution in [-0.4, -0.2) is 30.6 Å². The third-order valence-corrected chi connectivity index (χ3v) is 4.00. The number of halogens is 1. The summed E-state index contributed by atoms with van der Waals surface area (Å²) in [6.07, 6.45) is 5.05. The monoisotopic (exact) mass is 328 g/mol. The Morgan fingerprint density at radius 3 is 2.68 bits per heavy atom. The first-order valence-electron chi connectivity index (χ1n) is 7.47. The molecule has 1 N–H and O–H groups in total. The first kappa shape index (κ1) is 16.7. The molecule has 1 aliphatic carbocycles. The fourth-order valence-corrected chi connectivity index (χ4v) is 2.72. The van der Waals surface area contributed by atoms with Gasteiger partial charge in [-0.1, -0.05) is 12.8 Å². The van der Waals surface area contributed by atoms with Crippen LogP contribution in [0.4, 0.5) is 11.4 Å². The van der Waals surface area contributed by atoms with Crippen molar-refractivity contribution in [3.05, 3.63) is 22.2 Å². The van der Waals surface area contributed by atoms with Crippen LogP contribution in [0.5, 0.6) is 11.5 Å². The summed E-state index contributed by atoms with van der Waals surface area (Å²) in [6.45, 7) is 0.395. The number of nitrogens with zero attached hydrogens (tertiary/aromatic N) is 1. The summed E-state index contributed by atoms with van der Waals surface area (Å²) in [6, 6.07) is 3.35. The van der Waals surface area contributed by atoms with Gasteiger partial charge >= 0.3 is 0 Å². The third kappa shape index (κ3) is 4.16. The average molecular weight is 329 g/mol. The van der Waals surface area contributed by atoms with Gasteiger partial charge in [0.25, 0.3) is 5.69 Å². The largest absolute Gasteiger partial charge is 0.493 e. The number of rotatable bonds is 8. The molecule has 0 spiro atoms. The molecular weight excluding hydrogens is 308 g/mol. The van der Waals surface area contributed by atoms with Gasteiger partial charge in [0.05, 0.1) is 24.7 Å². The van der Waals surface area contributed by atoms with E-state index in [0.717, 1.165) is 25.7 Å². The zero-order valence-electron chi connectivity index (χ0n) is 12.6. The molecule has 7 heteroatoms. The Morgan fingerprint density at radius 2 is 2.09 bits per heavy atom. The maximum absolute atomic E-state index is 11.3. The van der Waals surface area contributed by atoms with E-state index in [-0.39, 0.29) is 11.7 Å². The molecule has 0 heterocycles. The van der Waals surface area contributed by atoms with Crippen molar-refractivity contribution in [2.24, 2.45) is 0 Å².